The number of amidine groups is 3. The molecule has 0 aliphatic heterocycles. The number of nitrogens with one attached hydrogen (secondary N) is 8. The Morgan fingerprint density at radius 1 is 0.409 bits per heavy atom. The second-order valence-corrected chi connectivity index (χ2v) is 21.9. The van der Waals surface area contributed by atoms with E-state index in [9.17, 15) is 55.1 Å². The SMILES string of the molecule is CN(C)C(=N)c1ccc(C(=O)Nc2cc(F)c(F)cc2C(=O)Nc2ccc(Br)cn2)cc1.N=C(N)c1ccc(C(=O)Nc2cc(F)c(F)cc2C(=O)Nc2ccc(Br)cn2)cc1.NC(=NO)c1ccc(C(=O)Nc2cc(F)c(F)cc2C(=O)Nc2ccc(Br)cn2)cc1. The molecule has 0 atom stereocenters. The summed E-state index contributed by atoms with van der Waals surface area (Å²) in [6, 6.07) is 31.3. The van der Waals surface area contributed by atoms with E-state index in [1.54, 1.807) is 49.3 Å². The number of halogens is 9. The predicted octanol–water partition coefficient (Wildman–Crippen LogP) is 12.1. The lowest BCUT2D eigenvalue weighted by Crippen LogP contribution is -2.22. The number of rotatable bonds is 15. The first kappa shape index (κ1) is 69.3. The van der Waals surface area contributed by atoms with Crippen LogP contribution in [0.1, 0.15) is 78.8 Å². The van der Waals surface area contributed by atoms with E-state index >= 15 is 0 Å². The Balaban J connectivity index is 0.000000198. The molecule has 13 N–H and O–H groups in total. The molecule has 0 bridgehead atoms. The third-order valence-electron chi connectivity index (χ3n) is 12.4. The lowest BCUT2D eigenvalue weighted by atomic mass is 10.1. The maximum absolute atomic E-state index is 13.9. The number of nitrogens with two attached hydrogens (primary N) is 2. The normalized spacial score (nSPS) is 10.6. The number of nitrogens with zero attached hydrogens (tertiary/aromatic N) is 5. The molecule has 0 fully saturated rings. The van der Waals surface area contributed by atoms with Crippen molar-refractivity contribution in [2.24, 2.45) is 16.6 Å². The lowest BCUT2D eigenvalue weighted by Gasteiger charge is -2.14. The highest BCUT2D eigenvalue weighted by Gasteiger charge is 2.23. The van der Waals surface area contributed by atoms with Crippen molar-refractivity contribution in [1.29, 1.82) is 10.8 Å². The molecule has 0 radical (unpaired) electrons. The molecule has 0 spiro atoms. The topological polar surface area (TPSA) is 349 Å². The molecule has 6 amide bonds. The molecule has 9 aromatic rings. The molecule has 474 valence electrons. The highest BCUT2D eigenvalue weighted by atomic mass is 79.9. The van der Waals surface area contributed by atoms with Crippen molar-refractivity contribution in [2.75, 3.05) is 46.0 Å². The summed E-state index contributed by atoms with van der Waals surface area (Å²) < 4.78 is 84.9. The quantitative estimate of drug-likeness (QED) is 0.0150. The van der Waals surface area contributed by atoms with Crippen molar-refractivity contribution in [3.8, 4) is 0 Å². The zero-order valence-electron chi connectivity index (χ0n) is 47.8. The van der Waals surface area contributed by atoms with Gasteiger partial charge in [-0.2, -0.15) is 0 Å². The van der Waals surface area contributed by atoms with Crippen molar-refractivity contribution in [1.82, 2.24) is 19.9 Å². The molecule has 22 nitrogen and oxygen atoms in total. The van der Waals surface area contributed by atoms with Crippen LogP contribution in [0.15, 0.2) is 183 Å². The summed E-state index contributed by atoms with van der Waals surface area (Å²) in [6.45, 7) is 0. The number of nitrogen functional groups attached to an aromatic ring is 1. The van der Waals surface area contributed by atoms with E-state index in [2.05, 4.69) is 99.8 Å². The number of hydrogen-bond donors (Lipinski definition) is 11. The molecule has 6 aromatic carbocycles. The third kappa shape index (κ3) is 18.9. The van der Waals surface area contributed by atoms with Gasteiger partial charge in [0.15, 0.2) is 40.7 Å². The van der Waals surface area contributed by atoms with Crippen LogP contribution >= 0.6 is 47.8 Å². The van der Waals surface area contributed by atoms with Crippen LogP contribution in [-0.2, 0) is 0 Å². The lowest BCUT2D eigenvalue weighted by molar-refractivity contribution is 0.101. The van der Waals surface area contributed by atoms with Crippen LogP contribution in [0.4, 0.5) is 60.9 Å². The number of pyridine rings is 3. The van der Waals surface area contributed by atoms with Crippen molar-refractivity contribution >= 4 is 135 Å². The van der Waals surface area contributed by atoms with E-state index in [0.717, 1.165) is 12.1 Å². The molecule has 0 saturated carbocycles. The first-order chi connectivity index (χ1) is 44.2. The summed E-state index contributed by atoms with van der Waals surface area (Å²) in [6.07, 6.45) is 4.36. The molecule has 0 saturated heterocycles. The van der Waals surface area contributed by atoms with E-state index < -0.39 is 70.3 Å². The molecule has 0 aliphatic carbocycles. The van der Waals surface area contributed by atoms with E-state index in [1.165, 1.54) is 97.5 Å². The number of anilines is 6. The average Bonchev–Trinajstić information content (AvgIpc) is 1.22. The van der Waals surface area contributed by atoms with Gasteiger partial charge in [0.05, 0.1) is 33.8 Å². The van der Waals surface area contributed by atoms with E-state index in [4.69, 9.17) is 27.5 Å². The summed E-state index contributed by atoms with van der Waals surface area (Å²) in [5.41, 5.74) is 11.2. The molecule has 9 rings (SSSR count). The number of oxime groups is 1. The Morgan fingerprint density at radius 3 is 0.935 bits per heavy atom. The molecule has 0 aliphatic rings. The van der Waals surface area contributed by atoms with Gasteiger partial charge < -0.3 is 53.5 Å². The average molecular weight is 1470 g/mol. The third-order valence-corrected chi connectivity index (χ3v) is 13.9. The summed E-state index contributed by atoms with van der Waals surface area (Å²) in [4.78, 5) is 89.1. The first-order valence-corrected chi connectivity index (χ1v) is 28.6. The van der Waals surface area contributed by atoms with Crippen LogP contribution in [0.5, 0.6) is 0 Å². The maximum Gasteiger partial charge on any atom is 0.259 e. The van der Waals surface area contributed by atoms with Crippen LogP contribution in [0, 0.1) is 45.7 Å². The zero-order chi connectivity index (χ0) is 67.8. The Labute approximate surface area is 548 Å². The minimum Gasteiger partial charge on any atom is -0.409 e. The molecule has 93 heavy (non-hydrogen) atoms. The number of carbonyl (C=O) groups excluding carboxylic acids is 6. The number of aromatic nitrogens is 3. The summed E-state index contributed by atoms with van der Waals surface area (Å²) in [7, 11) is 3.45. The Hall–Kier alpha value is -11.2. The molecular weight excluding hydrogens is 1420 g/mol. The van der Waals surface area contributed by atoms with Crippen LogP contribution in [0.25, 0.3) is 0 Å². The Morgan fingerprint density at radius 2 is 0.677 bits per heavy atom. The maximum atomic E-state index is 13.9. The largest absolute Gasteiger partial charge is 0.409 e. The van der Waals surface area contributed by atoms with Gasteiger partial charge in [-0.25, -0.2) is 41.3 Å². The summed E-state index contributed by atoms with van der Waals surface area (Å²) in [5.74, 6) is -11.2. The number of hydrogen-bond acceptors (Lipinski definition) is 13. The molecular formula is C62H46Br3F6N15O7. The Kier molecular flexibility index (Phi) is 23.5. The van der Waals surface area contributed by atoms with Gasteiger partial charge in [-0.05, 0) is 139 Å². The van der Waals surface area contributed by atoms with Crippen LogP contribution in [0.3, 0.4) is 0 Å². The molecule has 0 unspecified atom stereocenters. The van der Waals surface area contributed by atoms with E-state index in [-0.39, 0.29) is 85.4 Å². The van der Waals surface area contributed by atoms with E-state index in [0.29, 0.717) is 54.4 Å². The van der Waals surface area contributed by atoms with Crippen molar-refractivity contribution < 1.29 is 60.3 Å². The van der Waals surface area contributed by atoms with Gasteiger partial charge in [0.25, 0.3) is 35.4 Å². The fraction of sp³-hybridized carbons (Fsp3) is 0.0323. The zero-order valence-corrected chi connectivity index (χ0v) is 52.5. The fourth-order valence-electron chi connectivity index (χ4n) is 7.69. The number of benzene rings is 6. The van der Waals surface area contributed by atoms with Gasteiger partial charge >= 0.3 is 0 Å². The highest BCUT2D eigenvalue weighted by Crippen LogP contribution is 2.27. The Bertz CT molecular complexity index is 4370. The number of carbonyl (C=O) groups is 6. The molecule has 3 heterocycles. The van der Waals surface area contributed by atoms with Crippen molar-refractivity contribution in [3.63, 3.8) is 0 Å². The van der Waals surface area contributed by atoms with Gasteiger partial charge in [-0.15, -0.1) is 0 Å². The molecule has 3 aromatic heterocycles. The summed E-state index contributed by atoms with van der Waals surface area (Å²) in [5, 5.41) is 41.5. The smallest absolute Gasteiger partial charge is 0.259 e. The van der Waals surface area contributed by atoms with Crippen molar-refractivity contribution in [2.45, 2.75) is 0 Å². The van der Waals surface area contributed by atoms with Gasteiger partial charge in [0.1, 0.15) is 29.1 Å². The summed E-state index contributed by atoms with van der Waals surface area (Å²) >= 11 is 9.65. The standard InChI is InChI=1S/C22H18BrF2N5O2.C20H14BrF2N5O3.C20H14BrF2N5O2/c1-30(2)20(26)12-3-5-13(6-4-12)21(31)28-18-10-17(25)16(24)9-15(18)22(32)29-19-8-7-14(23)11-27-19;21-12-5-6-17(25-9-12)27-20(30)13-7-14(22)15(23)8-16(13)26-19(29)11-3-1-10(2-4-11)18(24)28-31;21-12-5-6-17(26-9-12)28-20(30)13-7-14(22)15(23)8-16(13)27-19(29)11-3-1-10(2-4-11)18(24)25/h3-11,26H,1-2H3,(H,28,31)(H,27,29,32);1-9,31H,(H2,24,28)(H,26,29)(H,25,27,30);1-9H,(H3,24,25)(H,27,29)(H,26,28,30). The van der Waals surface area contributed by atoms with Crippen molar-refractivity contribution in [3.05, 3.63) is 263 Å². The minimum atomic E-state index is -1.25. The van der Waals surface area contributed by atoms with Gasteiger partial charge in [0, 0.05) is 97.7 Å². The molecule has 31 heteroatoms. The van der Waals surface area contributed by atoms with Gasteiger partial charge in [-0.1, -0.05) is 41.6 Å². The first-order valence-electron chi connectivity index (χ1n) is 26.3. The van der Waals surface area contributed by atoms with Crippen LogP contribution < -0.4 is 43.4 Å². The second-order valence-electron chi connectivity index (χ2n) is 19.1. The highest BCUT2D eigenvalue weighted by molar-refractivity contribution is 9.11. The number of amides is 6. The van der Waals surface area contributed by atoms with E-state index in [1.807, 2.05) is 0 Å². The van der Waals surface area contributed by atoms with Gasteiger partial charge in [-0.3, -0.25) is 39.6 Å². The minimum absolute atomic E-state index is 0.139. The second kappa shape index (κ2) is 31.5. The fourth-order valence-corrected chi connectivity index (χ4v) is 8.39. The van der Waals surface area contributed by atoms with Gasteiger partial charge in [0.2, 0.25) is 0 Å². The van der Waals surface area contributed by atoms with Crippen LogP contribution in [0.2, 0.25) is 0 Å². The van der Waals surface area contributed by atoms with Crippen LogP contribution in [-0.4, -0.2) is 92.1 Å². The monoisotopic (exact) mass is 1460 g/mol. The predicted molar refractivity (Wildman–Crippen MR) is 346 cm³/mol.